The monoisotopic (exact) mass is 428 g/mol. The third-order valence-electron chi connectivity index (χ3n) is 11.1. The maximum atomic E-state index is 6.12. The fourth-order valence-corrected chi connectivity index (χ4v) is 9.37. The first kappa shape index (κ1) is 22.5. The summed E-state index contributed by atoms with van der Waals surface area (Å²) in [5.74, 6) is 5.20. The Balaban J connectivity index is 1.31. The third-order valence-corrected chi connectivity index (χ3v) is 11.1. The molecule has 4 unspecified atom stereocenters. The number of rotatable bonds is 5. The van der Waals surface area contributed by atoms with Crippen molar-refractivity contribution in [1.82, 2.24) is 0 Å². The molecule has 4 fully saturated rings. The zero-order valence-electron chi connectivity index (χ0n) is 21.1. The van der Waals surface area contributed by atoms with Gasteiger partial charge in [-0.05, 0) is 84.9 Å². The van der Waals surface area contributed by atoms with Crippen LogP contribution in [-0.2, 0) is 9.47 Å². The van der Waals surface area contributed by atoms with Crippen molar-refractivity contribution in [2.75, 3.05) is 13.2 Å². The molecule has 0 aromatic heterocycles. The highest BCUT2D eigenvalue weighted by Crippen LogP contribution is 2.68. The summed E-state index contributed by atoms with van der Waals surface area (Å²) in [6.45, 7) is 14.2. The average molecular weight is 429 g/mol. The molecule has 0 amide bonds. The van der Waals surface area contributed by atoms with Crippen LogP contribution in [0.3, 0.4) is 0 Å². The van der Waals surface area contributed by atoms with Crippen molar-refractivity contribution in [2.45, 2.75) is 111 Å². The lowest BCUT2D eigenvalue weighted by Gasteiger charge is -2.59. The SMILES string of the molecule is CC(C)CCC[C@@H](C)C1CCC2C3CC=C4CC5(CC[C@]4(C)C3CC[C@@]21C)OCCO5. The molecule has 1 saturated heterocycles. The predicted octanol–water partition coefficient (Wildman–Crippen LogP) is 7.77. The van der Waals surface area contributed by atoms with Crippen molar-refractivity contribution < 1.29 is 9.47 Å². The Labute approximate surface area is 191 Å². The van der Waals surface area contributed by atoms with Crippen molar-refractivity contribution >= 4 is 0 Å². The van der Waals surface area contributed by atoms with Crippen molar-refractivity contribution in [2.24, 2.45) is 46.3 Å². The van der Waals surface area contributed by atoms with Crippen LogP contribution in [0.4, 0.5) is 0 Å². The van der Waals surface area contributed by atoms with E-state index in [1.54, 1.807) is 5.57 Å². The highest BCUT2D eigenvalue weighted by Gasteiger charge is 2.60. The molecule has 2 nitrogen and oxygen atoms in total. The van der Waals surface area contributed by atoms with E-state index in [-0.39, 0.29) is 5.79 Å². The molecular formula is C29H48O2. The van der Waals surface area contributed by atoms with Gasteiger partial charge < -0.3 is 9.47 Å². The maximum Gasteiger partial charge on any atom is 0.172 e. The largest absolute Gasteiger partial charge is 0.347 e. The quantitative estimate of drug-likeness (QED) is 0.416. The van der Waals surface area contributed by atoms with Gasteiger partial charge in [-0.25, -0.2) is 0 Å². The van der Waals surface area contributed by atoms with Crippen LogP contribution in [0.25, 0.3) is 0 Å². The topological polar surface area (TPSA) is 18.5 Å². The molecule has 0 aromatic carbocycles. The van der Waals surface area contributed by atoms with Gasteiger partial charge in [0.1, 0.15) is 0 Å². The first-order chi connectivity index (χ1) is 14.8. The second kappa shape index (κ2) is 8.15. The van der Waals surface area contributed by atoms with Gasteiger partial charge >= 0.3 is 0 Å². The molecule has 1 spiro atoms. The van der Waals surface area contributed by atoms with Crippen molar-refractivity contribution in [1.29, 1.82) is 0 Å². The van der Waals surface area contributed by atoms with Gasteiger partial charge in [-0.15, -0.1) is 0 Å². The number of hydrogen-bond donors (Lipinski definition) is 0. The highest BCUT2D eigenvalue weighted by molar-refractivity contribution is 5.26. The molecule has 1 aliphatic heterocycles. The molecule has 5 rings (SSSR count). The molecule has 0 aromatic rings. The molecule has 1 heterocycles. The van der Waals surface area contributed by atoms with E-state index in [1.807, 2.05) is 0 Å². The van der Waals surface area contributed by atoms with E-state index < -0.39 is 0 Å². The molecule has 0 bridgehead atoms. The summed E-state index contributed by atoms with van der Waals surface area (Å²) in [7, 11) is 0. The molecular weight excluding hydrogens is 380 g/mol. The third kappa shape index (κ3) is 3.67. The van der Waals surface area contributed by atoms with Crippen LogP contribution in [0.2, 0.25) is 0 Å². The van der Waals surface area contributed by atoms with Gasteiger partial charge in [0.15, 0.2) is 5.79 Å². The van der Waals surface area contributed by atoms with Gasteiger partial charge in [0, 0.05) is 12.8 Å². The van der Waals surface area contributed by atoms with Crippen LogP contribution in [-0.4, -0.2) is 19.0 Å². The van der Waals surface area contributed by atoms with E-state index >= 15 is 0 Å². The van der Waals surface area contributed by atoms with Crippen LogP contribution in [0.1, 0.15) is 105 Å². The van der Waals surface area contributed by atoms with Gasteiger partial charge in [0.05, 0.1) is 13.2 Å². The summed E-state index contributed by atoms with van der Waals surface area (Å²) < 4.78 is 12.2. The summed E-state index contributed by atoms with van der Waals surface area (Å²) in [4.78, 5) is 0. The van der Waals surface area contributed by atoms with Crippen molar-refractivity contribution in [3.63, 3.8) is 0 Å². The Hall–Kier alpha value is -0.340. The summed E-state index contributed by atoms with van der Waals surface area (Å²) in [5, 5.41) is 0. The minimum absolute atomic E-state index is 0.273. The van der Waals surface area contributed by atoms with Gasteiger partial charge in [0.25, 0.3) is 0 Å². The normalized spacial score (nSPS) is 44.6. The maximum absolute atomic E-state index is 6.12. The standard InChI is InChI=1S/C29H48O2/c1-20(2)7-6-8-21(3)24-11-12-25-23-10-9-22-19-29(30-17-18-31-29)16-15-27(22,4)26(23)13-14-28(24,25)5/h9,20-21,23-26H,6-8,10-19H2,1-5H3/t21-,23?,24?,25?,26?,27+,28-/m1/s1. The molecule has 4 aliphatic carbocycles. The first-order valence-corrected chi connectivity index (χ1v) is 13.7. The molecule has 2 heteroatoms. The lowest BCUT2D eigenvalue weighted by atomic mass is 9.46. The van der Waals surface area contributed by atoms with Crippen molar-refractivity contribution in [3.8, 4) is 0 Å². The minimum Gasteiger partial charge on any atom is -0.347 e. The van der Waals surface area contributed by atoms with E-state index in [4.69, 9.17) is 9.47 Å². The zero-order chi connectivity index (χ0) is 21.9. The van der Waals surface area contributed by atoms with Crippen molar-refractivity contribution in [3.05, 3.63) is 11.6 Å². The minimum atomic E-state index is -0.273. The van der Waals surface area contributed by atoms with E-state index in [2.05, 4.69) is 40.7 Å². The Kier molecular flexibility index (Phi) is 5.91. The molecule has 176 valence electrons. The molecule has 3 saturated carbocycles. The van der Waals surface area contributed by atoms with Gasteiger partial charge in [-0.1, -0.05) is 65.5 Å². The number of hydrogen-bond acceptors (Lipinski definition) is 2. The fraction of sp³-hybridized carbons (Fsp3) is 0.931. The fourth-order valence-electron chi connectivity index (χ4n) is 9.37. The van der Waals surface area contributed by atoms with E-state index in [9.17, 15) is 0 Å². The van der Waals surface area contributed by atoms with Crippen LogP contribution < -0.4 is 0 Å². The first-order valence-electron chi connectivity index (χ1n) is 13.7. The van der Waals surface area contributed by atoms with Gasteiger partial charge in [0.2, 0.25) is 0 Å². The lowest BCUT2D eigenvalue weighted by molar-refractivity contribution is -0.185. The van der Waals surface area contributed by atoms with Crippen LogP contribution in [0, 0.1) is 46.3 Å². The number of allylic oxidation sites excluding steroid dienone is 1. The smallest absolute Gasteiger partial charge is 0.172 e. The Morgan fingerprint density at radius 2 is 1.71 bits per heavy atom. The average Bonchev–Trinajstić information content (AvgIpc) is 3.32. The summed E-state index contributed by atoms with van der Waals surface area (Å²) in [6.07, 6.45) is 17.6. The van der Waals surface area contributed by atoms with Crippen LogP contribution in [0.15, 0.2) is 11.6 Å². The van der Waals surface area contributed by atoms with E-state index in [0.29, 0.717) is 10.8 Å². The second-order valence-electron chi connectivity index (χ2n) is 13.1. The van der Waals surface area contributed by atoms with Gasteiger partial charge in [-0.2, -0.15) is 0 Å². The number of ether oxygens (including phenoxy) is 2. The molecule has 5 aliphatic rings. The van der Waals surface area contributed by atoms with Gasteiger partial charge in [-0.3, -0.25) is 0 Å². The van der Waals surface area contributed by atoms with Crippen LogP contribution >= 0.6 is 0 Å². The Bertz CT molecular complexity index is 689. The summed E-state index contributed by atoms with van der Waals surface area (Å²) in [5.41, 5.74) is 2.67. The van der Waals surface area contributed by atoms with E-state index in [0.717, 1.165) is 61.6 Å². The molecule has 0 N–H and O–H groups in total. The summed E-state index contributed by atoms with van der Waals surface area (Å²) >= 11 is 0. The van der Waals surface area contributed by atoms with Crippen LogP contribution in [0.5, 0.6) is 0 Å². The Morgan fingerprint density at radius 3 is 2.45 bits per heavy atom. The lowest BCUT2D eigenvalue weighted by Crippen LogP contribution is -2.52. The van der Waals surface area contributed by atoms with E-state index in [1.165, 1.54) is 57.8 Å². The molecule has 7 atom stereocenters. The molecule has 31 heavy (non-hydrogen) atoms. The Morgan fingerprint density at radius 1 is 0.935 bits per heavy atom. The summed E-state index contributed by atoms with van der Waals surface area (Å²) in [6, 6.07) is 0. The number of fused-ring (bicyclic) bond motifs is 5. The zero-order valence-corrected chi connectivity index (χ0v) is 21.1. The molecule has 0 radical (unpaired) electrons. The highest BCUT2D eigenvalue weighted by atomic mass is 16.7. The second-order valence-corrected chi connectivity index (χ2v) is 13.1. The predicted molar refractivity (Wildman–Crippen MR) is 128 cm³/mol.